The first-order valence-corrected chi connectivity index (χ1v) is 6.43. The smallest absolute Gasteiger partial charge is 0.346 e. The normalized spacial score (nSPS) is 18.2. The predicted molar refractivity (Wildman–Crippen MR) is 74.3 cm³/mol. The molecule has 6 N–H and O–H groups in total. The van der Waals surface area contributed by atoms with E-state index in [1.54, 1.807) is 18.2 Å². The van der Waals surface area contributed by atoms with Gasteiger partial charge in [-0.05, 0) is 18.2 Å². The van der Waals surface area contributed by atoms with Gasteiger partial charge in [0.1, 0.15) is 13.1 Å². The van der Waals surface area contributed by atoms with Crippen molar-refractivity contribution in [1.82, 2.24) is 0 Å². The lowest BCUT2D eigenvalue weighted by Crippen LogP contribution is -2.60. The number of hydrogen-bond donors (Lipinski definition) is 3. The highest BCUT2D eigenvalue weighted by Crippen LogP contribution is 2.21. The van der Waals surface area contributed by atoms with Crippen LogP contribution in [0.15, 0.2) is 18.2 Å². The number of carbonyl (C=O) groups is 1. The molecule has 0 atom stereocenters. The van der Waals surface area contributed by atoms with Crippen molar-refractivity contribution in [2.45, 2.75) is 0 Å². The number of morpholine rings is 1. The molecule has 0 aliphatic carbocycles. The molecule has 104 valence electrons. The van der Waals surface area contributed by atoms with Crippen LogP contribution in [0, 0.1) is 0 Å². The molecular weight excluding hydrogens is 244 g/mol. The minimum atomic E-state index is 0.0421. The van der Waals surface area contributed by atoms with Crippen molar-refractivity contribution in [2.24, 2.45) is 5.73 Å². The number of nitrogen functional groups attached to an aromatic ring is 2. The fraction of sp³-hybridized carbons (Fsp3) is 0.462. The molecule has 1 fully saturated rings. The van der Waals surface area contributed by atoms with E-state index in [0.717, 1.165) is 0 Å². The molecule has 1 saturated heterocycles. The Morgan fingerprint density at radius 1 is 1.21 bits per heavy atom. The summed E-state index contributed by atoms with van der Waals surface area (Å²) < 4.78 is 5.68. The van der Waals surface area contributed by atoms with Crippen molar-refractivity contribution in [3.05, 3.63) is 23.8 Å². The maximum absolute atomic E-state index is 12.7. The van der Waals surface area contributed by atoms with Gasteiger partial charge in [0.25, 0.3) is 0 Å². The summed E-state index contributed by atoms with van der Waals surface area (Å²) in [5.41, 5.74) is 18.6. The number of ether oxygens (including phenoxy) is 1. The highest BCUT2D eigenvalue weighted by molar-refractivity contribution is 5.91. The number of quaternary nitrogens is 1. The molecular formula is C13H21N4O2+. The van der Waals surface area contributed by atoms with E-state index in [9.17, 15) is 4.79 Å². The largest absolute Gasteiger partial charge is 0.397 e. The first kappa shape index (κ1) is 13.8. The molecule has 1 aliphatic rings. The van der Waals surface area contributed by atoms with Gasteiger partial charge in [0.15, 0.2) is 0 Å². The average Bonchev–Trinajstić information content (AvgIpc) is 2.42. The van der Waals surface area contributed by atoms with Gasteiger partial charge in [-0.25, -0.2) is 4.79 Å². The summed E-state index contributed by atoms with van der Waals surface area (Å²) in [6, 6.07) is 5.03. The summed E-state index contributed by atoms with van der Waals surface area (Å²) in [5, 5.41) is 0. The van der Waals surface area contributed by atoms with Crippen LogP contribution in [0.25, 0.3) is 0 Å². The van der Waals surface area contributed by atoms with Gasteiger partial charge in [-0.3, -0.25) is 4.48 Å². The van der Waals surface area contributed by atoms with Gasteiger partial charge in [-0.1, -0.05) is 0 Å². The van der Waals surface area contributed by atoms with Gasteiger partial charge < -0.3 is 21.9 Å². The molecule has 0 saturated carbocycles. The first-order valence-electron chi connectivity index (χ1n) is 6.43. The number of rotatable bonds is 3. The standard InChI is InChI=1S/C13H20N4O2/c14-3-4-17(5-7-19-8-6-17)13(18)10-1-2-11(15)12(16)9-10/h1-2,9H,3-8,14,16H2,(H-,15,18)/p+1. The van der Waals surface area contributed by atoms with Gasteiger partial charge in [-0.15, -0.1) is 0 Å². The van der Waals surface area contributed by atoms with E-state index in [4.69, 9.17) is 21.9 Å². The Morgan fingerprint density at radius 3 is 2.47 bits per heavy atom. The second-order valence-electron chi connectivity index (χ2n) is 4.87. The molecule has 1 aromatic carbocycles. The Morgan fingerprint density at radius 2 is 1.89 bits per heavy atom. The van der Waals surface area contributed by atoms with E-state index in [0.29, 0.717) is 60.8 Å². The Hall–Kier alpha value is -1.63. The van der Waals surface area contributed by atoms with Crippen LogP contribution in [0.3, 0.4) is 0 Å². The number of nitrogens with zero attached hydrogens (tertiary/aromatic N) is 1. The van der Waals surface area contributed by atoms with E-state index < -0.39 is 0 Å². The molecule has 1 aromatic rings. The second-order valence-corrected chi connectivity index (χ2v) is 4.87. The number of hydrogen-bond acceptors (Lipinski definition) is 5. The number of amides is 1. The summed E-state index contributed by atoms with van der Waals surface area (Å²) in [7, 11) is 0. The molecule has 0 radical (unpaired) electrons. The minimum Gasteiger partial charge on any atom is -0.397 e. The molecule has 0 spiro atoms. The lowest BCUT2D eigenvalue weighted by atomic mass is 10.1. The van der Waals surface area contributed by atoms with Crippen LogP contribution in [-0.4, -0.2) is 49.8 Å². The Balaban J connectivity index is 2.30. The molecule has 1 amide bonds. The van der Waals surface area contributed by atoms with E-state index in [-0.39, 0.29) is 5.91 Å². The lowest BCUT2D eigenvalue weighted by Gasteiger charge is -2.38. The molecule has 6 nitrogen and oxygen atoms in total. The van der Waals surface area contributed by atoms with E-state index >= 15 is 0 Å². The van der Waals surface area contributed by atoms with Crippen molar-refractivity contribution >= 4 is 17.3 Å². The van der Waals surface area contributed by atoms with Crippen molar-refractivity contribution in [2.75, 3.05) is 50.9 Å². The summed E-state index contributed by atoms with van der Waals surface area (Å²) >= 11 is 0. The molecule has 1 heterocycles. The van der Waals surface area contributed by atoms with Crippen LogP contribution in [0.2, 0.25) is 0 Å². The number of nitrogens with two attached hydrogens (primary N) is 3. The fourth-order valence-corrected chi connectivity index (χ4v) is 2.45. The third-order valence-electron chi connectivity index (χ3n) is 3.65. The molecule has 6 heteroatoms. The lowest BCUT2D eigenvalue weighted by molar-refractivity contribution is -0.856. The van der Waals surface area contributed by atoms with Crippen LogP contribution in [0.1, 0.15) is 10.4 Å². The molecule has 0 bridgehead atoms. The SMILES string of the molecule is NCC[N+]1(C(=O)c2ccc(N)c(N)c2)CCOCC1. The molecule has 19 heavy (non-hydrogen) atoms. The second kappa shape index (κ2) is 5.56. The van der Waals surface area contributed by atoms with E-state index in [2.05, 4.69) is 0 Å². The first-order chi connectivity index (χ1) is 9.09. The van der Waals surface area contributed by atoms with Gasteiger partial charge >= 0.3 is 5.91 Å². The van der Waals surface area contributed by atoms with Crippen molar-refractivity contribution < 1.29 is 14.0 Å². The summed E-state index contributed by atoms with van der Waals surface area (Å²) in [4.78, 5) is 12.7. The molecule has 1 aliphatic heterocycles. The van der Waals surface area contributed by atoms with Crippen LogP contribution in [-0.2, 0) is 4.74 Å². The number of benzene rings is 1. The zero-order chi connectivity index (χ0) is 13.9. The van der Waals surface area contributed by atoms with E-state index in [1.807, 2.05) is 0 Å². The fourth-order valence-electron chi connectivity index (χ4n) is 2.45. The van der Waals surface area contributed by atoms with Crippen LogP contribution >= 0.6 is 0 Å². The minimum absolute atomic E-state index is 0.0421. The van der Waals surface area contributed by atoms with Gasteiger partial charge in [-0.2, -0.15) is 0 Å². The van der Waals surface area contributed by atoms with Crippen LogP contribution in [0.4, 0.5) is 11.4 Å². The molecule has 2 rings (SSSR count). The van der Waals surface area contributed by atoms with E-state index in [1.165, 1.54) is 0 Å². The maximum Gasteiger partial charge on any atom is 0.346 e. The van der Waals surface area contributed by atoms with Gasteiger partial charge in [0.2, 0.25) is 0 Å². The van der Waals surface area contributed by atoms with Crippen LogP contribution < -0.4 is 17.2 Å². The molecule has 0 unspecified atom stereocenters. The highest BCUT2D eigenvalue weighted by Gasteiger charge is 2.38. The summed E-state index contributed by atoms with van der Waals surface area (Å²) in [6.45, 7) is 3.55. The maximum atomic E-state index is 12.7. The van der Waals surface area contributed by atoms with Gasteiger partial charge in [0, 0.05) is 6.54 Å². The zero-order valence-corrected chi connectivity index (χ0v) is 11.0. The average molecular weight is 265 g/mol. The summed E-state index contributed by atoms with van der Waals surface area (Å²) in [5.74, 6) is 0.0421. The Labute approximate surface area is 112 Å². The van der Waals surface area contributed by atoms with Crippen molar-refractivity contribution in [3.8, 4) is 0 Å². The molecule has 0 aromatic heterocycles. The predicted octanol–water partition coefficient (Wildman–Crippen LogP) is -0.203. The highest BCUT2D eigenvalue weighted by atomic mass is 16.5. The van der Waals surface area contributed by atoms with Crippen molar-refractivity contribution in [1.29, 1.82) is 0 Å². The Bertz CT molecular complexity index is 464. The topological polar surface area (TPSA) is 104 Å². The van der Waals surface area contributed by atoms with Crippen molar-refractivity contribution in [3.63, 3.8) is 0 Å². The zero-order valence-electron chi connectivity index (χ0n) is 11.0. The third-order valence-corrected chi connectivity index (χ3v) is 3.65. The van der Waals surface area contributed by atoms with Gasteiger partial charge in [0.05, 0.1) is 36.7 Å². The number of carbonyl (C=O) groups excluding carboxylic acids is 1. The Kier molecular flexibility index (Phi) is 4.04. The van der Waals surface area contributed by atoms with Crippen LogP contribution in [0.5, 0.6) is 0 Å². The third kappa shape index (κ3) is 2.70. The quantitative estimate of drug-likeness (QED) is 0.518. The monoisotopic (exact) mass is 265 g/mol. The number of anilines is 2. The summed E-state index contributed by atoms with van der Waals surface area (Å²) in [6.07, 6.45) is 0.